The lowest BCUT2D eigenvalue weighted by atomic mass is 9.89. The fourth-order valence-corrected chi connectivity index (χ4v) is 5.96. The molecule has 46 heavy (non-hydrogen) atoms. The lowest BCUT2D eigenvalue weighted by Gasteiger charge is -2.43. The van der Waals surface area contributed by atoms with Crippen molar-refractivity contribution < 1.29 is 19.4 Å². The molecule has 242 valence electrons. The van der Waals surface area contributed by atoms with Gasteiger partial charge in [0.25, 0.3) is 9.70 Å². The van der Waals surface area contributed by atoms with Crippen molar-refractivity contribution in [1.29, 1.82) is 0 Å². The van der Waals surface area contributed by atoms with E-state index in [9.17, 15) is 9.90 Å². The monoisotopic (exact) mass is 680 g/mol. The summed E-state index contributed by atoms with van der Waals surface area (Å²) in [6.07, 6.45) is -0.938. The van der Waals surface area contributed by atoms with E-state index in [1.807, 2.05) is 72.8 Å². The Balaban J connectivity index is 1.40. The van der Waals surface area contributed by atoms with Gasteiger partial charge in [-0.2, -0.15) is 0 Å². The van der Waals surface area contributed by atoms with E-state index in [1.54, 1.807) is 0 Å². The molecule has 2 N–H and O–H groups in total. The molecular weight excluding hydrogens is 643 g/mol. The fraction of sp³-hybridized carbons (Fsp3) is 0.324. The largest absolute Gasteiger partial charge is 0.392 e. The SMILES string of the molecule is CC1C(CN(C)C(C)c2ccccc2)OC(c2cccc(-c3cccc(CNC(=O)C(Cl)(Cl)Cl)c3)c2)OC1c1ccc(CO)cc1. The fourth-order valence-electron chi connectivity index (χ4n) is 5.76. The lowest BCUT2D eigenvalue weighted by Crippen LogP contribution is -2.44. The number of nitrogens with zero attached hydrogens (tertiary/aromatic N) is 1. The summed E-state index contributed by atoms with van der Waals surface area (Å²) >= 11 is 17.1. The Morgan fingerprint density at radius 1 is 0.870 bits per heavy atom. The molecule has 1 aliphatic heterocycles. The van der Waals surface area contributed by atoms with Crippen LogP contribution in [-0.2, 0) is 27.4 Å². The molecule has 6 nitrogen and oxygen atoms in total. The minimum absolute atomic E-state index is 0.00877. The Labute approximate surface area is 286 Å². The van der Waals surface area contributed by atoms with Gasteiger partial charge in [0.2, 0.25) is 0 Å². The van der Waals surface area contributed by atoms with Crippen molar-refractivity contribution in [2.24, 2.45) is 5.92 Å². The molecule has 1 fully saturated rings. The van der Waals surface area contributed by atoms with E-state index in [-0.39, 0.29) is 37.3 Å². The van der Waals surface area contributed by atoms with Gasteiger partial charge in [0.15, 0.2) is 6.29 Å². The molecule has 4 aromatic carbocycles. The minimum Gasteiger partial charge on any atom is -0.392 e. The molecule has 0 spiro atoms. The van der Waals surface area contributed by atoms with Crippen LogP contribution < -0.4 is 5.32 Å². The zero-order chi connectivity index (χ0) is 32.8. The zero-order valence-corrected chi connectivity index (χ0v) is 28.3. The first kappa shape index (κ1) is 34.4. The number of ether oxygens (including phenoxy) is 2. The van der Waals surface area contributed by atoms with Crippen molar-refractivity contribution in [3.8, 4) is 11.1 Å². The van der Waals surface area contributed by atoms with Gasteiger partial charge in [0, 0.05) is 30.6 Å². The number of benzene rings is 4. The first-order valence-corrected chi connectivity index (χ1v) is 16.5. The van der Waals surface area contributed by atoms with Gasteiger partial charge in [-0.25, -0.2) is 0 Å². The molecule has 1 aliphatic rings. The zero-order valence-electron chi connectivity index (χ0n) is 26.1. The number of carbonyl (C=O) groups excluding carboxylic acids is 1. The predicted molar refractivity (Wildman–Crippen MR) is 184 cm³/mol. The topological polar surface area (TPSA) is 71.0 Å². The van der Waals surface area contributed by atoms with Crippen LogP contribution in [0.3, 0.4) is 0 Å². The van der Waals surface area contributed by atoms with Crippen molar-refractivity contribution in [3.05, 3.63) is 131 Å². The van der Waals surface area contributed by atoms with Crippen LogP contribution in [0.1, 0.15) is 60.1 Å². The number of nitrogens with one attached hydrogen (secondary N) is 1. The maximum Gasteiger partial charge on any atom is 0.272 e. The van der Waals surface area contributed by atoms with Gasteiger partial charge in [0.1, 0.15) is 0 Å². The Kier molecular flexibility index (Phi) is 11.4. The molecule has 9 heteroatoms. The van der Waals surface area contributed by atoms with Crippen LogP contribution in [0.25, 0.3) is 11.1 Å². The third kappa shape index (κ3) is 8.50. The molecule has 1 saturated heterocycles. The minimum atomic E-state index is -2.02. The Morgan fingerprint density at radius 2 is 1.54 bits per heavy atom. The highest BCUT2D eigenvalue weighted by molar-refractivity contribution is 6.76. The van der Waals surface area contributed by atoms with Crippen molar-refractivity contribution >= 4 is 40.7 Å². The summed E-state index contributed by atoms with van der Waals surface area (Å²) in [4.78, 5) is 14.4. The number of aliphatic hydroxyl groups is 1. The van der Waals surface area contributed by atoms with Gasteiger partial charge in [-0.1, -0.05) is 133 Å². The molecular formula is C37H39Cl3N2O4. The van der Waals surface area contributed by atoms with Gasteiger partial charge < -0.3 is 19.9 Å². The number of hydrogen-bond donors (Lipinski definition) is 2. The molecule has 5 unspecified atom stereocenters. The predicted octanol–water partition coefficient (Wildman–Crippen LogP) is 8.32. The Hall–Kier alpha value is -2.94. The average Bonchev–Trinajstić information content (AvgIpc) is 3.08. The number of halogens is 3. The van der Waals surface area contributed by atoms with Crippen LogP contribution in [0.2, 0.25) is 0 Å². The van der Waals surface area contributed by atoms with Gasteiger partial charge in [-0.15, -0.1) is 0 Å². The number of alkyl halides is 3. The number of aliphatic hydroxyl groups excluding tert-OH is 1. The van der Waals surface area contributed by atoms with Gasteiger partial charge in [-0.3, -0.25) is 9.69 Å². The molecule has 5 atom stereocenters. The summed E-state index contributed by atoms with van der Waals surface area (Å²) < 4.78 is 11.5. The first-order valence-electron chi connectivity index (χ1n) is 15.3. The second-order valence-electron chi connectivity index (χ2n) is 11.9. The summed E-state index contributed by atoms with van der Waals surface area (Å²) in [5, 5.41) is 12.3. The number of likely N-dealkylation sites (N-methyl/N-ethyl adjacent to an activating group) is 1. The van der Waals surface area contributed by atoms with Crippen LogP contribution in [0.15, 0.2) is 103 Å². The summed E-state index contributed by atoms with van der Waals surface area (Å²) in [6, 6.07) is 34.6. The highest BCUT2D eigenvalue weighted by Gasteiger charge is 2.39. The van der Waals surface area contributed by atoms with Gasteiger partial charge in [-0.05, 0) is 59.5 Å². The molecule has 0 aliphatic carbocycles. The maximum absolute atomic E-state index is 12.1. The van der Waals surface area contributed by atoms with E-state index in [0.717, 1.165) is 33.4 Å². The summed E-state index contributed by atoms with van der Waals surface area (Å²) in [7, 11) is 2.13. The lowest BCUT2D eigenvalue weighted by molar-refractivity contribution is -0.276. The van der Waals surface area contributed by atoms with Crippen LogP contribution in [0.5, 0.6) is 0 Å². The van der Waals surface area contributed by atoms with Crippen LogP contribution in [0.4, 0.5) is 0 Å². The summed E-state index contributed by atoms with van der Waals surface area (Å²) in [5.41, 5.74) is 6.87. The van der Waals surface area contributed by atoms with Crippen molar-refractivity contribution in [2.45, 2.75) is 55.3 Å². The van der Waals surface area contributed by atoms with Crippen molar-refractivity contribution in [1.82, 2.24) is 10.2 Å². The molecule has 5 rings (SSSR count). The number of rotatable bonds is 10. The number of carbonyl (C=O) groups is 1. The normalized spacial score (nSPS) is 20.8. The quantitative estimate of drug-likeness (QED) is 0.165. The third-order valence-electron chi connectivity index (χ3n) is 8.66. The second kappa shape index (κ2) is 15.3. The summed E-state index contributed by atoms with van der Waals surface area (Å²) in [6.45, 7) is 5.31. The second-order valence-corrected chi connectivity index (χ2v) is 14.1. The van der Waals surface area contributed by atoms with E-state index in [1.165, 1.54) is 5.56 Å². The van der Waals surface area contributed by atoms with Crippen LogP contribution in [-0.4, -0.2) is 39.4 Å². The van der Waals surface area contributed by atoms with E-state index in [0.29, 0.717) is 6.54 Å². The molecule has 0 aromatic heterocycles. The molecule has 0 saturated carbocycles. The van der Waals surface area contributed by atoms with Crippen molar-refractivity contribution in [2.75, 3.05) is 13.6 Å². The first-order chi connectivity index (χ1) is 22.0. The molecule has 0 radical (unpaired) electrons. The molecule has 1 amide bonds. The molecule has 1 heterocycles. The summed E-state index contributed by atoms with van der Waals surface area (Å²) in [5.74, 6) is -0.617. The number of amides is 1. The molecule has 0 bridgehead atoms. The number of hydrogen-bond acceptors (Lipinski definition) is 5. The van der Waals surface area contributed by atoms with Crippen LogP contribution >= 0.6 is 34.8 Å². The standard InChI is InChI=1S/C37H39Cl3N2O4/c1-24-33(22-42(3)25(2)28-10-5-4-6-11-28)45-35(46-34(24)29-17-15-26(23-43)16-18-29)32-14-8-13-31(20-32)30-12-7-9-27(19-30)21-41-36(44)37(38,39)40/h4-20,24-25,33-35,43H,21-23H2,1-3H3,(H,41,44). The highest BCUT2D eigenvalue weighted by Crippen LogP contribution is 2.43. The van der Waals surface area contributed by atoms with Gasteiger partial charge >= 0.3 is 0 Å². The third-order valence-corrected chi connectivity index (χ3v) is 9.18. The Morgan fingerprint density at radius 3 is 2.22 bits per heavy atom. The highest BCUT2D eigenvalue weighted by atomic mass is 35.6. The van der Waals surface area contributed by atoms with E-state index >= 15 is 0 Å². The van der Waals surface area contributed by atoms with Crippen LogP contribution in [0, 0.1) is 5.92 Å². The van der Waals surface area contributed by atoms with Gasteiger partial charge in [0.05, 0.1) is 18.8 Å². The smallest absolute Gasteiger partial charge is 0.272 e. The average molecular weight is 682 g/mol. The van der Waals surface area contributed by atoms with Crippen molar-refractivity contribution in [3.63, 3.8) is 0 Å². The maximum atomic E-state index is 12.1. The van der Waals surface area contributed by atoms with E-state index in [4.69, 9.17) is 44.3 Å². The van der Waals surface area contributed by atoms with E-state index < -0.39 is 16.0 Å². The molecule has 4 aromatic rings. The Bertz CT molecular complexity index is 1600. The van der Waals surface area contributed by atoms with E-state index in [2.05, 4.69) is 61.4 Å².